The van der Waals surface area contributed by atoms with E-state index >= 15 is 0 Å². The molecule has 4 heterocycles. The van der Waals surface area contributed by atoms with Crippen LogP contribution in [0.2, 0.25) is 0 Å². The third kappa shape index (κ3) is 10.1. The highest BCUT2D eigenvalue weighted by molar-refractivity contribution is 5.93. The highest BCUT2D eigenvalue weighted by Crippen LogP contribution is 2.45. The van der Waals surface area contributed by atoms with Gasteiger partial charge in [0.25, 0.3) is 0 Å². The number of amides is 2. The van der Waals surface area contributed by atoms with Crippen molar-refractivity contribution in [1.29, 1.82) is 0 Å². The summed E-state index contributed by atoms with van der Waals surface area (Å²) < 4.78 is 90.4. The predicted octanol–water partition coefficient (Wildman–Crippen LogP) is 8.16. The van der Waals surface area contributed by atoms with Crippen molar-refractivity contribution in [2.24, 2.45) is 5.92 Å². The number of aromatic nitrogens is 6. The Balaban J connectivity index is 1.18. The number of hydrogen-bond acceptors (Lipinski definition) is 9. The van der Waals surface area contributed by atoms with E-state index in [9.17, 15) is 46.1 Å². The summed E-state index contributed by atoms with van der Waals surface area (Å²) in [5, 5.41) is 27.3. The van der Waals surface area contributed by atoms with E-state index < -0.39 is 57.9 Å². The Morgan fingerprint density at radius 3 is 1.73 bits per heavy atom. The molecule has 1 atom stereocenters. The highest BCUT2D eigenvalue weighted by atomic mass is 19.4. The van der Waals surface area contributed by atoms with Crippen LogP contribution in [0, 0.1) is 5.92 Å². The molecular weight excluding hydrogens is 786 g/mol. The number of anilines is 2. The van der Waals surface area contributed by atoms with Crippen LogP contribution in [0.3, 0.4) is 0 Å². The Kier molecular flexibility index (Phi) is 11.1. The van der Waals surface area contributed by atoms with Gasteiger partial charge in [0.2, 0.25) is 23.7 Å². The molecule has 1 aromatic carbocycles. The van der Waals surface area contributed by atoms with Crippen molar-refractivity contribution >= 4 is 46.0 Å². The summed E-state index contributed by atoms with van der Waals surface area (Å²) in [5.74, 6) is -1.11. The Morgan fingerprint density at radius 2 is 1.20 bits per heavy atom. The zero-order valence-corrected chi connectivity index (χ0v) is 33.5. The maximum atomic E-state index is 13.7. The number of halogens is 6. The Hall–Kier alpha value is -5.30. The van der Waals surface area contributed by atoms with Crippen LogP contribution in [0.15, 0.2) is 48.5 Å². The standard InChI is InChI=1S/C40H46F6N8O5/c1-35(2,3)54-32-26(15-17-28(50-32)40(44,45)46)48-34(54)52-30(56)21-38(58,22-8-9-22)19-18-37(6,7)59-24-12-10-23(11-13-24)53-31-25(14-16-27(49-31)39(41,42)43)47-33(53)51-29(55)20-36(4,5)57/h10-17,22,57-58H,8-9,18-21H2,1-7H3,(H,47,51,55)(H,48,52,56). The minimum absolute atomic E-state index is 0.00143. The van der Waals surface area contributed by atoms with Gasteiger partial charge in [-0.3, -0.25) is 29.4 Å². The molecule has 13 nitrogen and oxygen atoms in total. The summed E-state index contributed by atoms with van der Waals surface area (Å²) in [6.07, 6.45) is -8.23. The molecule has 2 amide bonds. The first kappa shape index (κ1) is 43.3. The van der Waals surface area contributed by atoms with Crippen molar-refractivity contribution in [1.82, 2.24) is 29.1 Å². The number of fused-ring (bicyclic) bond motifs is 2. The van der Waals surface area contributed by atoms with Crippen LogP contribution >= 0.6 is 0 Å². The monoisotopic (exact) mass is 832 g/mol. The van der Waals surface area contributed by atoms with Crippen molar-refractivity contribution < 1.29 is 50.9 Å². The van der Waals surface area contributed by atoms with E-state index in [0.717, 1.165) is 18.2 Å². The summed E-state index contributed by atoms with van der Waals surface area (Å²) in [7, 11) is 0. The second-order valence-electron chi connectivity index (χ2n) is 17.3. The van der Waals surface area contributed by atoms with Gasteiger partial charge in [-0.05, 0) is 129 Å². The molecule has 1 fully saturated rings. The molecule has 0 saturated heterocycles. The minimum Gasteiger partial charge on any atom is -0.488 e. The Morgan fingerprint density at radius 1 is 0.695 bits per heavy atom. The number of carbonyl (C=O) groups is 2. The molecule has 6 rings (SSSR count). The number of nitrogens with zero attached hydrogens (tertiary/aromatic N) is 6. The number of hydrogen-bond donors (Lipinski definition) is 4. The van der Waals surface area contributed by atoms with Crippen molar-refractivity contribution in [2.45, 2.75) is 122 Å². The van der Waals surface area contributed by atoms with Crippen LogP contribution in [-0.4, -0.2) is 67.9 Å². The first-order chi connectivity index (χ1) is 27.1. The maximum absolute atomic E-state index is 13.7. The van der Waals surface area contributed by atoms with Crippen LogP contribution in [0.25, 0.3) is 28.0 Å². The number of rotatable bonds is 13. The third-order valence-corrected chi connectivity index (χ3v) is 9.81. The lowest BCUT2D eigenvalue weighted by Gasteiger charge is -2.33. The molecule has 0 aliphatic heterocycles. The fourth-order valence-corrected chi connectivity index (χ4v) is 6.90. The van der Waals surface area contributed by atoms with E-state index in [1.165, 1.54) is 29.0 Å². The normalized spacial score (nSPS) is 15.4. The number of imidazole rings is 2. The van der Waals surface area contributed by atoms with Crippen LogP contribution in [0.4, 0.5) is 38.2 Å². The van der Waals surface area contributed by atoms with Crippen LogP contribution in [0.5, 0.6) is 5.75 Å². The van der Waals surface area contributed by atoms with Crippen LogP contribution < -0.4 is 15.4 Å². The van der Waals surface area contributed by atoms with E-state index in [0.29, 0.717) is 24.3 Å². The molecule has 0 radical (unpaired) electrons. The van der Waals surface area contributed by atoms with Gasteiger partial charge in [-0.2, -0.15) is 26.3 Å². The molecule has 318 valence electrons. The molecule has 1 unspecified atom stereocenters. The molecule has 4 aromatic heterocycles. The fraction of sp³-hybridized carbons (Fsp3) is 0.500. The molecule has 1 aliphatic rings. The van der Waals surface area contributed by atoms with E-state index in [1.54, 1.807) is 58.9 Å². The van der Waals surface area contributed by atoms with Gasteiger partial charge in [-0.25, -0.2) is 19.9 Å². The molecule has 19 heteroatoms. The number of ether oxygens (including phenoxy) is 1. The van der Waals surface area contributed by atoms with E-state index in [1.807, 2.05) is 0 Å². The van der Waals surface area contributed by atoms with Gasteiger partial charge in [0.15, 0.2) is 11.3 Å². The zero-order chi connectivity index (χ0) is 43.5. The van der Waals surface area contributed by atoms with Crippen molar-refractivity contribution in [2.75, 3.05) is 10.6 Å². The summed E-state index contributed by atoms with van der Waals surface area (Å²) in [6.45, 7) is 11.7. The van der Waals surface area contributed by atoms with E-state index in [2.05, 4.69) is 30.6 Å². The third-order valence-electron chi connectivity index (χ3n) is 9.81. The maximum Gasteiger partial charge on any atom is 0.433 e. The Bertz CT molecular complexity index is 2370. The largest absolute Gasteiger partial charge is 0.488 e. The molecule has 59 heavy (non-hydrogen) atoms. The molecule has 1 aliphatic carbocycles. The number of alkyl halides is 6. The zero-order valence-electron chi connectivity index (χ0n) is 33.5. The molecule has 0 bridgehead atoms. The number of aliphatic hydroxyl groups is 2. The second kappa shape index (κ2) is 15.1. The number of pyridine rings is 2. The molecule has 5 aromatic rings. The van der Waals surface area contributed by atoms with E-state index in [4.69, 9.17) is 4.74 Å². The fourth-order valence-electron chi connectivity index (χ4n) is 6.90. The molecule has 1 saturated carbocycles. The van der Waals surface area contributed by atoms with Crippen molar-refractivity contribution in [3.8, 4) is 11.4 Å². The van der Waals surface area contributed by atoms with Gasteiger partial charge in [0.1, 0.15) is 33.8 Å². The van der Waals surface area contributed by atoms with Crippen LogP contribution in [-0.2, 0) is 27.5 Å². The summed E-state index contributed by atoms with van der Waals surface area (Å²) in [4.78, 5) is 42.5. The first-order valence-electron chi connectivity index (χ1n) is 18.9. The van der Waals surface area contributed by atoms with Crippen molar-refractivity contribution in [3.63, 3.8) is 0 Å². The average Bonchev–Trinajstić information content (AvgIpc) is 3.80. The summed E-state index contributed by atoms with van der Waals surface area (Å²) >= 11 is 0. The SMILES string of the molecule is CC(C)(O)CC(=O)Nc1nc2ccc(C(F)(F)F)nc2n1-c1ccc(OC(C)(C)CCC(O)(CC(=O)Nc2nc3ccc(C(F)(F)F)nc3n2C(C)(C)C)C2CC2)cc1. The molecular formula is C40H46F6N8O5. The lowest BCUT2D eigenvalue weighted by atomic mass is 9.84. The first-order valence-corrected chi connectivity index (χ1v) is 18.9. The topological polar surface area (TPSA) is 169 Å². The van der Waals surface area contributed by atoms with Gasteiger partial charge < -0.3 is 14.9 Å². The Labute approximate surface area is 335 Å². The van der Waals surface area contributed by atoms with Gasteiger partial charge >= 0.3 is 12.4 Å². The summed E-state index contributed by atoms with van der Waals surface area (Å²) in [5.41, 5.74) is -6.45. The van der Waals surface area contributed by atoms with Gasteiger partial charge in [-0.15, -0.1) is 0 Å². The smallest absolute Gasteiger partial charge is 0.433 e. The summed E-state index contributed by atoms with van der Waals surface area (Å²) in [6, 6.07) is 10.2. The average molecular weight is 833 g/mol. The predicted molar refractivity (Wildman–Crippen MR) is 206 cm³/mol. The number of nitrogens with one attached hydrogen (secondary N) is 2. The number of carbonyl (C=O) groups excluding carboxylic acids is 2. The molecule has 0 spiro atoms. The van der Waals surface area contributed by atoms with Crippen LogP contribution in [0.1, 0.15) is 98.4 Å². The van der Waals surface area contributed by atoms with Gasteiger partial charge in [0.05, 0.1) is 29.7 Å². The lowest BCUT2D eigenvalue weighted by Crippen LogP contribution is -2.40. The van der Waals surface area contributed by atoms with E-state index in [-0.39, 0.29) is 65.8 Å². The van der Waals surface area contributed by atoms with Crippen molar-refractivity contribution in [3.05, 3.63) is 59.9 Å². The second-order valence-corrected chi connectivity index (χ2v) is 17.3. The quantitative estimate of drug-likeness (QED) is 0.0856. The number of benzene rings is 1. The minimum atomic E-state index is -4.75. The lowest BCUT2D eigenvalue weighted by molar-refractivity contribution is -0.141. The highest BCUT2D eigenvalue weighted by Gasteiger charge is 2.46. The molecule has 4 N–H and O–H groups in total. The van der Waals surface area contributed by atoms with Gasteiger partial charge in [-0.1, -0.05) is 0 Å². The van der Waals surface area contributed by atoms with Gasteiger partial charge in [0, 0.05) is 5.54 Å².